The molecule has 1 aromatic heterocycles. The molecular weight excluding hydrogens is 284 g/mol. The first-order valence-corrected chi connectivity index (χ1v) is 8.48. The molecule has 0 fully saturated rings. The quantitative estimate of drug-likeness (QED) is 0.797. The Morgan fingerprint density at radius 2 is 1.26 bits per heavy atom. The molecule has 2 bridgehead atoms. The van der Waals surface area contributed by atoms with E-state index in [1.807, 2.05) is 12.4 Å². The summed E-state index contributed by atoms with van der Waals surface area (Å²) in [5.41, 5.74) is 4.02. The van der Waals surface area contributed by atoms with E-state index in [0.717, 1.165) is 48.4 Å². The van der Waals surface area contributed by atoms with Gasteiger partial charge in [0, 0.05) is 12.4 Å². The van der Waals surface area contributed by atoms with E-state index >= 15 is 0 Å². The van der Waals surface area contributed by atoms with Crippen LogP contribution in [0, 0.1) is 13.8 Å². The van der Waals surface area contributed by atoms with E-state index in [1.54, 1.807) is 0 Å². The second kappa shape index (κ2) is 6.91. The molecule has 1 aliphatic rings. The molecule has 0 saturated heterocycles. The number of aliphatic imine (C=N–C) groups is 2. The molecular formula is C19H30N4. The lowest BCUT2D eigenvalue weighted by Crippen LogP contribution is -2.30. The number of aryl methyl sites for hydroxylation is 2. The molecule has 0 aliphatic carbocycles. The Kier molecular flexibility index (Phi) is 5.35. The first kappa shape index (κ1) is 17.8. The van der Waals surface area contributed by atoms with Crippen LogP contribution in [0.5, 0.6) is 0 Å². The van der Waals surface area contributed by atoms with Crippen molar-refractivity contribution < 1.29 is 0 Å². The summed E-state index contributed by atoms with van der Waals surface area (Å²) in [4.78, 5) is 14.3. The van der Waals surface area contributed by atoms with Crippen LogP contribution in [0.4, 0.5) is 0 Å². The van der Waals surface area contributed by atoms with Crippen LogP contribution in [0.15, 0.2) is 16.1 Å². The largest absolute Gasteiger partial charge is 0.317 e. The van der Waals surface area contributed by atoms with Crippen LogP contribution in [0.2, 0.25) is 0 Å². The molecule has 1 N–H and O–H groups in total. The van der Waals surface area contributed by atoms with Gasteiger partial charge in [0.25, 0.3) is 0 Å². The third-order valence-corrected chi connectivity index (χ3v) is 4.38. The summed E-state index contributed by atoms with van der Waals surface area (Å²) < 4.78 is 0. The molecule has 0 spiro atoms. The van der Waals surface area contributed by atoms with E-state index in [2.05, 4.69) is 52.9 Å². The minimum atomic E-state index is -0.0834. The van der Waals surface area contributed by atoms with Crippen molar-refractivity contribution in [1.29, 1.82) is 0 Å². The molecule has 0 unspecified atom stereocenters. The Morgan fingerprint density at radius 1 is 0.826 bits per heavy atom. The molecule has 4 nitrogen and oxygen atoms in total. The van der Waals surface area contributed by atoms with Crippen molar-refractivity contribution in [2.45, 2.75) is 65.5 Å². The van der Waals surface area contributed by atoms with Crippen molar-refractivity contribution in [3.05, 3.63) is 28.6 Å². The summed E-state index contributed by atoms with van der Waals surface area (Å²) in [5, 5.41) is 3.52. The maximum atomic E-state index is 4.78. The second-order valence-electron chi connectivity index (χ2n) is 7.78. The van der Waals surface area contributed by atoms with Gasteiger partial charge in [-0.05, 0) is 78.6 Å². The van der Waals surface area contributed by atoms with E-state index in [-0.39, 0.29) is 11.1 Å². The van der Waals surface area contributed by atoms with Gasteiger partial charge in [-0.1, -0.05) is 6.07 Å². The zero-order valence-electron chi connectivity index (χ0n) is 15.4. The fraction of sp³-hybridized carbons (Fsp3) is 0.632. The Morgan fingerprint density at radius 3 is 1.70 bits per heavy atom. The zero-order valence-corrected chi connectivity index (χ0v) is 15.4. The van der Waals surface area contributed by atoms with Gasteiger partial charge in [-0.2, -0.15) is 0 Å². The van der Waals surface area contributed by atoms with Crippen molar-refractivity contribution in [2.75, 3.05) is 13.1 Å². The third kappa shape index (κ3) is 5.24. The molecule has 126 valence electrons. The van der Waals surface area contributed by atoms with Crippen LogP contribution in [-0.4, -0.2) is 41.6 Å². The normalized spacial score (nSPS) is 21.0. The van der Waals surface area contributed by atoms with Gasteiger partial charge in [-0.3, -0.25) is 9.98 Å². The average Bonchev–Trinajstić information content (AvgIpc) is 2.44. The molecule has 0 saturated carbocycles. The smallest absolute Gasteiger partial charge is 0.0845 e. The monoisotopic (exact) mass is 314 g/mol. The van der Waals surface area contributed by atoms with Gasteiger partial charge in [-0.15, -0.1) is 0 Å². The van der Waals surface area contributed by atoms with E-state index in [1.165, 1.54) is 0 Å². The summed E-state index contributed by atoms with van der Waals surface area (Å²) in [6.07, 6.45) is 5.85. The van der Waals surface area contributed by atoms with Gasteiger partial charge in [0.1, 0.15) is 0 Å². The maximum Gasteiger partial charge on any atom is 0.0845 e. The van der Waals surface area contributed by atoms with Gasteiger partial charge in [0.05, 0.1) is 22.5 Å². The maximum absolute atomic E-state index is 4.78. The summed E-state index contributed by atoms with van der Waals surface area (Å²) in [7, 11) is 0. The zero-order chi connectivity index (χ0) is 17.1. The first-order chi connectivity index (χ1) is 10.7. The van der Waals surface area contributed by atoms with Crippen LogP contribution >= 0.6 is 0 Å². The first-order valence-electron chi connectivity index (χ1n) is 8.48. The Hall–Kier alpha value is -1.55. The minimum Gasteiger partial charge on any atom is -0.317 e. The molecule has 2 heterocycles. The van der Waals surface area contributed by atoms with Gasteiger partial charge in [0.2, 0.25) is 0 Å². The summed E-state index contributed by atoms with van der Waals surface area (Å²) in [6, 6.07) is 2.17. The van der Waals surface area contributed by atoms with Gasteiger partial charge >= 0.3 is 0 Å². The highest BCUT2D eigenvalue weighted by molar-refractivity contribution is 5.84. The van der Waals surface area contributed by atoms with E-state index in [9.17, 15) is 0 Å². The number of pyridine rings is 1. The molecule has 0 radical (unpaired) electrons. The van der Waals surface area contributed by atoms with Gasteiger partial charge in [-0.25, -0.2) is 4.98 Å². The Labute approximate surface area is 140 Å². The Balaban J connectivity index is 2.43. The van der Waals surface area contributed by atoms with E-state index in [4.69, 9.17) is 15.0 Å². The molecule has 2 rings (SSSR count). The van der Waals surface area contributed by atoms with Crippen LogP contribution in [0.3, 0.4) is 0 Å². The topological polar surface area (TPSA) is 49.6 Å². The molecule has 4 heteroatoms. The van der Waals surface area contributed by atoms with E-state index in [0.29, 0.717) is 0 Å². The SMILES string of the molecule is Cc1cc(C)c2nc1C=NC(C)(C)CCNCCC(C)(C)N=C2. The van der Waals surface area contributed by atoms with Crippen molar-refractivity contribution in [3.63, 3.8) is 0 Å². The van der Waals surface area contributed by atoms with Gasteiger partial charge < -0.3 is 5.32 Å². The molecule has 0 atom stereocenters. The highest BCUT2D eigenvalue weighted by Crippen LogP contribution is 2.18. The lowest BCUT2D eigenvalue weighted by Gasteiger charge is -2.23. The number of nitrogens with zero attached hydrogens (tertiary/aromatic N) is 3. The highest BCUT2D eigenvalue weighted by Gasteiger charge is 2.18. The lowest BCUT2D eigenvalue weighted by atomic mass is 10.00. The number of hydrogen-bond acceptors (Lipinski definition) is 4. The van der Waals surface area contributed by atoms with Crippen LogP contribution in [-0.2, 0) is 0 Å². The van der Waals surface area contributed by atoms with Crippen molar-refractivity contribution in [2.24, 2.45) is 9.98 Å². The van der Waals surface area contributed by atoms with Crippen molar-refractivity contribution in [3.8, 4) is 0 Å². The molecule has 1 aliphatic heterocycles. The standard InChI is InChI=1S/C19H30N4/c1-14-11-15(2)17-13-22-19(5,6)8-10-20-9-7-18(3,4)21-12-16(14)23-17/h11-13,20H,7-10H2,1-6H3. The number of aromatic nitrogens is 1. The highest BCUT2D eigenvalue weighted by atomic mass is 14.9. The predicted octanol–water partition coefficient (Wildman–Crippen LogP) is 3.48. The van der Waals surface area contributed by atoms with Gasteiger partial charge in [0.15, 0.2) is 0 Å². The number of hydrogen-bond donors (Lipinski definition) is 1. The van der Waals surface area contributed by atoms with Crippen molar-refractivity contribution >= 4 is 12.4 Å². The minimum absolute atomic E-state index is 0.0834. The fourth-order valence-corrected chi connectivity index (χ4v) is 2.55. The van der Waals surface area contributed by atoms with Crippen molar-refractivity contribution in [1.82, 2.24) is 10.3 Å². The summed E-state index contributed by atoms with van der Waals surface area (Å²) in [6.45, 7) is 14.8. The predicted molar refractivity (Wildman–Crippen MR) is 99.2 cm³/mol. The van der Waals surface area contributed by atoms with Crippen LogP contribution in [0.1, 0.15) is 63.1 Å². The van der Waals surface area contributed by atoms with E-state index < -0.39 is 0 Å². The van der Waals surface area contributed by atoms with Crippen LogP contribution < -0.4 is 5.32 Å². The molecule has 23 heavy (non-hydrogen) atoms. The summed E-state index contributed by atoms with van der Waals surface area (Å²) in [5.74, 6) is 0. The average molecular weight is 314 g/mol. The molecule has 0 amide bonds. The fourth-order valence-electron chi connectivity index (χ4n) is 2.55. The summed E-state index contributed by atoms with van der Waals surface area (Å²) >= 11 is 0. The Bertz CT molecular complexity index is 563. The van der Waals surface area contributed by atoms with Crippen LogP contribution in [0.25, 0.3) is 0 Å². The third-order valence-electron chi connectivity index (χ3n) is 4.38. The second-order valence-corrected chi connectivity index (χ2v) is 7.78. The lowest BCUT2D eigenvalue weighted by molar-refractivity contribution is 0.427. The number of nitrogens with one attached hydrogen (secondary N) is 1. The number of fused-ring (bicyclic) bond motifs is 2. The number of rotatable bonds is 0. The molecule has 1 aromatic rings. The molecule has 0 aromatic carbocycles.